The van der Waals surface area contributed by atoms with Crippen molar-refractivity contribution in [1.82, 2.24) is 14.5 Å². The molecule has 0 amide bonds. The monoisotopic (exact) mass is 456 g/mol. The minimum absolute atomic E-state index is 0.0544. The van der Waals surface area contributed by atoms with E-state index in [1.807, 2.05) is 0 Å². The second-order valence-corrected chi connectivity index (χ2v) is 9.19. The number of rotatable bonds is 4. The van der Waals surface area contributed by atoms with Crippen molar-refractivity contribution in [2.75, 3.05) is 23.7 Å². The molecule has 6 nitrogen and oxygen atoms in total. The predicted molar refractivity (Wildman–Crippen MR) is 95.5 cm³/mol. The Morgan fingerprint density at radius 3 is 2.33 bits per heavy atom. The largest absolute Gasteiger partial charge is 0.417 e. The van der Waals surface area contributed by atoms with E-state index in [0.29, 0.717) is 18.1 Å². The summed E-state index contributed by atoms with van der Waals surface area (Å²) >= 11 is 0. The highest BCUT2D eigenvalue weighted by Gasteiger charge is 2.44. The van der Waals surface area contributed by atoms with Gasteiger partial charge in [-0.1, -0.05) is 6.92 Å². The Bertz CT molecular complexity index is 1050. The summed E-state index contributed by atoms with van der Waals surface area (Å²) in [7, 11) is -2.65. The SMILES string of the molecule is CCS(=O)(=O)c1cc(C(F)(F)F)cnc1-c1ncc(N2CCC(C(F)(F)F)C2)n1C. The van der Waals surface area contributed by atoms with Crippen LogP contribution in [0.4, 0.5) is 32.2 Å². The molecule has 1 fully saturated rings. The zero-order valence-corrected chi connectivity index (χ0v) is 16.7. The van der Waals surface area contributed by atoms with Gasteiger partial charge in [0, 0.05) is 26.3 Å². The predicted octanol–water partition coefficient (Wildman–Crippen LogP) is 3.68. The van der Waals surface area contributed by atoms with Gasteiger partial charge in [0.1, 0.15) is 11.5 Å². The Labute approximate surface area is 168 Å². The first-order chi connectivity index (χ1) is 13.8. The fraction of sp³-hybridized carbons (Fsp3) is 0.529. The first kappa shape index (κ1) is 22.4. The van der Waals surface area contributed by atoms with Gasteiger partial charge in [0.15, 0.2) is 15.7 Å². The Balaban J connectivity index is 2.05. The van der Waals surface area contributed by atoms with E-state index in [-0.39, 0.29) is 31.0 Å². The molecule has 0 saturated carbocycles. The molecule has 1 aliphatic rings. The van der Waals surface area contributed by atoms with Crippen molar-refractivity contribution in [1.29, 1.82) is 0 Å². The highest BCUT2D eigenvalue weighted by Crippen LogP contribution is 2.37. The molecule has 0 radical (unpaired) electrons. The maximum absolute atomic E-state index is 13.1. The third kappa shape index (κ3) is 4.12. The molecular weight excluding hydrogens is 438 g/mol. The van der Waals surface area contributed by atoms with Gasteiger partial charge in [-0.25, -0.2) is 13.4 Å². The van der Waals surface area contributed by atoms with Crippen LogP contribution in [-0.4, -0.2) is 48.0 Å². The Morgan fingerprint density at radius 1 is 1.13 bits per heavy atom. The van der Waals surface area contributed by atoms with Crippen LogP contribution < -0.4 is 4.90 Å². The molecule has 1 unspecified atom stereocenters. The normalized spacial score (nSPS) is 18.3. The fourth-order valence-electron chi connectivity index (χ4n) is 3.31. The summed E-state index contributed by atoms with van der Waals surface area (Å²) in [4.78, 5) is 8.57. The lowest BCUT2D eigenvalue weighted by Gasteiger charge is -2.20. The molecule has 0 spiro atoms. The van der Waals surface area contributed by atoms with Gasteiger partial charge >= 0.3 is 12.4 Å². The summed E-state index contributed by atoms with van der Waals surface area (Å²) in [6, 6.07) is 0.505. The van der Waals surface area contributed by atoms with Gasteiger partial charge in [-0.3, -0.25) is 4.98 Å². The molecule has 1 aliphatic heterocycles. The molecule has 166 valence electrons. The van der Waals surface area contributed by atoms with Crippen LogP contribution in [0, 0.1) is 5.92 Å². The summed E-state index contributed by atoms with van der Waals surface area (Å²) in [5, 5.41) is 0. The topological polar surface area (TPSA) is 68.1 Å². The number of hydrogen-bond donors (Lipinski definition) is 0. The number of aromatic nitrogens is 3. The Kier molecular flexibility index (Phi) is 5.54. The van der Waals surface area contributed by atoms with E-state index in [1.54, 1.807) is 0 Å². The molecule has 0 aromatic carbocycles. The lowest BCUT2D eigenvalue weighted by Crippen LogP contribution is -2.28. The molecule has 2 aromatic rings. The molecular formula is C17H18F6N4O2S. The zero-order chi connectivity index (χ0) is 22.5. The molecule has 2 aromatic heterocycles. The average Bonchev–Trinajstić information content (AvgIpc) is 3.27. The number of anilines is 1. The lowest BCUT2D eigenvalue weighted by atomic mass is 10.1. The number of sulfone groups is 1. The van der Waals surface area contributed by atoms with E-state index in [9.17, 15) is 34.8 Å². The zero-order valence-electron chi connectivity index (χ0n) is 15.9. The minimum Gasteiger partial charge on any atom is -0.356 e. The third-order valence-electron chi connectivity index (χ3n) is 5.05. The van der Waals surface area contributed by atoms with E-state index in [4.69, 9.17) is 0 Å². The van der Waals surface area contributed by atoms with Crippen LogP contribution in [0.2, 0.25) is 0 Å². The maximum atomic E-state index is 13.1. The number of halogens is 6. The van der Waals surface area contributed by atoms with Crippen LogP contribution >= 0.6 is 0 Å². The first-order valence-electron chi connectivity index (χ1n) is 8.89. The highest BCUT2D eigenvalue weighted by molar-refractivity contribution is 7.91. The standard InChI is InChI=1S/C17H18F6N4O2S/c1-3-30(28,29)12-6-11(17(21,22)23)7-24-14(12)15-25-8-13(26(15)2)27-5-4-10(9-27)16(18,19)20/h6-8,10H,3-5,9H2,1-2H3. The van der Waals surface area contributed by atoms with Crippen molar-refractivity contribution in [2.24, 2.45) is 13.0 Å². The van der Waals surface area contributed by atoms with Crippen LogP contribution in [0.25, 0.3) is 11.5 Å². The lowest BCUT2D eigenvalue weighted by molar-refractivity contribution is -0.168. The van der Waals surface area contributed by atoms with Crippen LogP contribution in [0.15, 0.2) is 23.4 Å². The molecule has 3 heterocycles. The van der Waals surface area contributed by atoms with Gasteiger partial charge in [0.2, 0.25) is 0 Å². The van der Waals surface area contributed by atoms with Crippen molar-refractivity contribution in [3.05, 3.63) is 24.0 Å². The fourth-order valence-corrected chi connectivity index (χ4v) is 4.37. The highest BCUT2D eigenvalue weighted by atomic mass is 32.2. The summed E-state index contributed by atoms with van der Waals surface area (Å²) < 4.78 is 104. The summed E-state index contributed by atoms with van der Waals surface area (Å²) in [6.07, 6.45) is -7.46. The van der Waals surface area contributed by atoms with E-state index in [1.165, 1.54) is 29.6 Å². The van der Waals surface area contributed by atoms with E-state index < -0.39 is 44.3 Å². The molecule has 0 N–H and O–H groups in total. The van der Waals surface area contributed by atoms with E-state index in [0.717, 1.165) is 0 Å². The van der Waals surface area contributed by atoms with Gasteiger partial charge in [0.05, 0.1) is 28.3 Å². The van der Waals surface area contributed by atoms with Crippen LogP contribution in [0.5, 0.6) is 0 Å². The van der Waals surface area contributed by atoms with Crippen LogP contribution in [0.1, 0.15) is 18.9 Å². The third-order valence-corrected chi connectivity index (χ3v) is 6.79. The minimum atomic E-state index is -4.79. The van der Waals surface area contributed by atoms with Crippen LogP contribution in [-0.2, 0) is 23.1 Å². The maximum Gasteiger partial charge on any atom is 0.417 e. The summed E-state index contributed by atoms with van der Waals surface area (Å²) in [5.74, 6) is -1.73. The van der Waals surface area contributed by atoms with Crippen molar-refractivity contribution < 1.29 is 34.8 Å². The van der Waals surface area contributed by atoms with Gasteiger partial charge < -0.3 is 9.47 Å². The Hall–Kier alpha value is -2.31. The first-order valence-corrected chi connectivity index (χ1v) is 10.5. The van der Waals surface area contributed by atoms with Gasteiger partial charge in [0.25, 0.3) is 0 Å². The molecule has 1 saturated heterocycles. The number of alkyl halides is 6. The van der Waals surface area contributed by atoms with Gasteiger partial charge in [-0.2, -0.15) is 26.3 Å². The molecule has 0 bridgehead atoms. The van der Waals surface area contributed by atoms with Crippen molar-refractivity contribution in [3.63, 3.8) is 0 Å². The van der Waals surface area contributed by atoms with Crippen molar-refractivity contribution in [2.45, 2.75) is 30.6 Å². The molecule has 30 heavy (non-hydrogen) atoms. The molecule has 1 atom stereocenters. The van der Waals surface area contributed by atoms with Gasteiger partial charge in [-0.05, 0) is 12.5 Å². The number of nitrogens with zero attached hydrogens (tertiary/aromatic N) is 4. The summed E-state index contributed by atoms with van der Waals surface area (Å²) in [6.45, 7) is 1.11. The van der Waals surface area contributed by atoms with E-state index in [2.05, 4.69) is 9.97 Å². The van der Waals surface area contributed by atoms with Crippen LogP contribution in [0.3, 0.4) is 0 Å². The number of imidazole rings is 1. The van der Waals surface area contributed by atoms with E-state index >= 15 is 0 Å². The van der Waals surface area contributed by atoms with Crippen molar-refractivity contribution in [3.8, 4) is 11.5 Å². The Morgan fingerprint density at radius 2 is 1.80 bits per heavy atom. The molecule has 13 heteroatoms. The number of hydrogen-bond acceptors (Lipinski definition) is 5. The smallest absolute Gasteiger partial charge is 0.356 e. The van der Waals surface area contributed by atoms with Gasteiger partial charge in [-0.15, -0.1) is 0 Å². The second kappa shape index (κ2) is 7.43. The number of pyridine rings is 1. The quantitative estimate of drug-likeness (QED) is 0.657. The molecule has 0 aliphatic carbocycles. The van der Waals surface area contributed by atoms with Crippen molar-refractivity contribution >= 4 is 15.7 Å². The molecule has 3 rings (SSSR count). The summed E-state index contributed by atoms with van der Waals surface area (Å²) in [5.41, 5.74) is -1.51. The average molecular weight is 456 g/mol. The second-order valence-electron chi connectivity index (χ2n) is 6.94.